The average molecular weight is 370 g/mol. The van der Waals surface area contributed by atoms with Crippen LogP contribution in [0.5, 0.6) is 0 Å². The Labute approximate surface area is 161 Å². The first kappa shape index (κ1) is 18.4. The largest absolute Gasteiger partial charge is 0.310 e. The summed E-state index contributed by atoms with van der Waals surface area (Å²) in [4.78, 5) is 23.3. The van der Waals surface area contributed by atoms with Crippen LogP contribution in [-0.4, -0.2) is 37.7 Å². The molecule has 0 bridgehead atoms. The maximum absolute atomic E-state index is 12.7. The SMILES string of the molecule is CCn1cc(CN2CCCC3(CCc4c3nc(C(C)(C)C)[nH]c4=O)C2)cn1. The molecule has 1 saturated heterocycles. The van der Waals surface area contributed by atoms with Crippen LogP contribution in [0.25, 0.3) is 0 Å². The quantitative estimate of drug-likeness (QED) is 0.903. The monoisotopic (exact) mass is 369 g/mol. The molecule has 1 atom stereocenters. The third kappa shape index (κ3) is 3.35. The van der Waals surface area contributed by atoms with Crippen molar-refractivity contribution in [2.75, 3.05) is 13.1 Å². The van der Waals surface area contributed by atoms with E-state index in [-0.39, 0.29) is 16.4 Å². The van der Waals surface area contributed by atoms with Crippen molar-refractivity contribution >= 4 is 0 Å². The zero-order chi connectivity index (χ0) is 19.2. The molecule has 2 aromatic rings. The normalized spacial score (nSPS) is 23.1. The Hall–Kier alpha value is -1.95. The highest BCUT2D eigenvalue weighted by atomic mass is 16.1. The predicted molar refractivity (Wildman–Crippen MR) is 106 cm³/mol. The van der Waals surface area contributed by atoms with Gasteiger partial charge in [0.15, 0.2) is 0 Å². The molecular formula is C21H31N5O. The second-order valence-electron chi connectivity index (χ2n) is 9.29. The standard InChI is InChI=1S/C21H31N5O/c1-5-26-13-15(11-22-26)12-25-10-6-8-21(14-25)9-7-16-17(21)23-19(20(2,3)4)24-18(16)27/h11,13H,5-10,12,14H2,1-4H3,(H,23,24,27). The molecule has 6 nitrogen and oxygen atoms in total. The summed E-state index contributed by atoms with van der Waals surface area (Å²) in [5.74, 6) is 0.814. The molecule has 1 unspecified atom stereocenters. The first-order chi connectivity index (χ1) is 12.8. The maximum atomic E-state index is 12.7. The molecule has 6 heteroatoms. The fraction of sp³-hybridized carbons (Fsp3) is 0.667. The van der Waals surface area contributed by atoms with E-state index in [9.17, 15) is 4.79 Å². The van der Waals surface area contributed by atoms with Gasteiger partial charge in [-0.2, -0.15) is 5.10 Å². The molecule has 4 rings (SSSR count). The molecule has 2 aliphatic rings. The van der Waals surface area contributed by atoms with Crippen molar-refractivity contribution in [2.45, 2.75) is 77.3 Å². The van der Waals surface area contributed by atoms with E-state index in [1.165, 1.54) is 5.56 Å². The Kier molecular flexibility index (Phi) is 4.49. The summed E-state index contributed by atoms with van der Waals surface area (Å²) in [5, 5.41) is 4.41. The Morgan fingerprint density at radius 2 is 2.11 bits per heavy atom. The third-order valence-electron chi connectivity index (χ3n) is 6.15. The fourth-order valence-corrected chi connectivity index (χ4v) is 4.68. The van der Waals surface area contributed by atoms with E-state index in [2.05, 4.69) is 48.9 Å². The molecule has 0 radical (unpaired) electrons. The lowest BCUT2D eigenvalue weighted by Gasteiger charge is -2.40. The molecule has 146 valence electrons. The van der Waals surface area contributed by atoms with Crippen LogP contribution in [0, 0.1) is 0 Å². The van der Waals surface area contributed by atoms with Crippen molar-refractivity contribution in [3.05, 3.63) is 45.4 Å². The molecule has 2 aromatic heterocycles. The van der Waals surface area contributed by atoms with Crippen molar-refractivity contribution in [2.24, 2.45) is 0 Å². The minimum Gasteiger partial charge on any atom is -0.310 e. The van der Waals surface area contributed by atoms with Gasteiger partial charge in [0.1, 0.15) is 5.82 Å². The van der Waals surface area contributed by atoms with E-state index in [1.807, 2.05) is 10.9 Å². The lowest BCUT2D eigenvalue weighted by atomic mass is 9.77. The first-order valence-corrected chi connectivity index (χ1v) is 10.2. The number of hydrogen-bond acceptors (Lipinski definition) is 4. The number of rotatable bonds is 3. The van der Waals surface area contributed by atoms with Gasteiger partial charge in [-0.25, -0.2) is 4.98 Å². The van der Waals surface area contributed by atoms with Crippen LogP contribution in [0.4, 0.5) is 0 Å². The van der Waals surface area contributed by atoms with Crippen molar-refractivity contribution in [1.29, 1.82) is 0 Å². The van der Waals surface area contributed by atoms with Crippen LogP contribution in [0.2, 0.25) is 0 Å². The third-order valence-corrected chi connectivity index (χ3v) is 6.15. The Bertz CT molecular complexity index is 891. The Morgan fingerprint density at radius 3 is 2.81 bits per heavy atom. The number of aryl methyl sites for hydroxylation is 1. The van der Waals surface area contributed by atoms with Gasteiger partial charge in [0.2, 0.25) is 0 Å². The van der Waals surface area contributed by atoms with Gasteiger partial charge in [-0.15, -0.1) is 0 Å². The van der Waals surface area contributed by atoms with Gasteiger partial charge in [-0.1, -0.05) is 20.8 Å². The lowest BCUT2D eigenvalue weighted by molar-refractivity contribution is 0.136. The number of nitrogens with zero attached hydrogens (tertiary/aromatic N) is 4. The van der Waals surface area contributed by atoms with Gasteiger partial charge >= 0.3 is 0 Å². The van der Waals surface area contributed by atoms with E-state index in [0.29, 0.717) is 0 Å². The van der Waals surface area contributed by atoms with Crippen LogP contribution >= 0.6 is 0 Å². The zero-order valence-corrected chi connectivity index (χ0v) is 17.0. The summed E-state index contributed by atoms with van der Waals surface area (Å²) in [6, 6.07) is 0. The summed E-state index contributed by atoms with van der Waals surface area (Å²) < 4.78 is 1.98. The van der Waals surface area contributed by atoms with Gasteiger partial charge in [0.05, 0.1) is 11.9 Å². The second kappa shape index (κ2) is 6.59. The van der Waals surface area contributed by atoms with E-state index in [1.54, 1.807) is 0 Å². The fourth-order valence-electron chi connectivity index (χ4n) is 4.68. The number of nitrogens with one attached hydrogen (secondary N) is 1. The van der Waals surface area contributed by atoms with E-state index < -0.39 is 0 Å². The van der Waals surface area contributed by atoms with E-state index >= 15 is 0 Å². The molecule has 3 heterocycles. The number of aromatic nitrogens is 4. The summed E-state index contributed by atoms with van der Waals surface area (Å²) in [5.41, 5.74) is 3.21. The minimum absolute atomic E-state index is 0.0304. The summed E-state index contributed by atoms with van der Waals surface area (Å²) >= 11 is 0. The van der Waals surface area contributed by atoms with Crippen molar-refractivity contribution in [1.82, 2.24) is 24.6 Å². The van der Waals surface area contributed by atoms with Crippen molar-refractivity contribution < 1.29 is 0 Å². The van der Waals surface area contributed by atoms with Crippen LogP contribution < -0.4 is 5.56 Å². The molecule has 0 aromatic carbocycles. The molecule has 1 fully saturated rings. The van der Waals surface area contributed by atoms with Crippen molar-refractivity contribution in [3.63, 3.8) is 0 Å². The Morgan fingerprint density at radius 1 is 1.30 bits per heavy atom. The second-order valence-corrected chi connectivity index (χ2v) is 9.29. The van der Waals surface area contributed by atoms with E-state index in [0.717, 1.165) is 68.9 Å². The highest BCUT2D eigenvalue weighted by molar-refractivity contribution is 5.34. The highest BCUT2D eigenvalue weighted by Crippen LogP contribution is 2.43. The summed E-state index contributed by atoms with van der Waals surface area (Å²) in [6.07, 6.45) is 8.30. The minimum atomic E-state index is -0.152. The molecule has 1 aliphatic carbocycles. The predicted octanol–water partition coefficient (Wildman–Crippen LogP) is 2.76. The van der Waals surface area contributed by atoms with Crippen LogP contribution in [0.3, 0.4) is 0 Å². The van der Waals surface area contributed by atoms with Crippen LogP contribution in [0.1, 0.15) is 69.6 Å². The van der Waals surface area contributed by atoms with Gasteiger partial charge in [0.25, 0.3) is 5.56 Å². The van der Waals surface area contributed by atoms with Gasteiger partial charge < -0.3 is 4.98 Å². The molecule has 1 N–H and O–H groups in total. The molecular weight excluding hydrogens is 338 g/mol. The molecule has 0 saturated carbocycles. The lowest BCUT2D eigenvalue weighted by Crippen LogP contribution is -2.45. The topological polar surface area (TPSA) is 66.8 Å². The van der Waals surface area contributed by atoms with Crippen LogP contribution in [-0.2, 0) is 30.3 Å². The number of piperidine rings is 1. The number of H-pyrrole nitrogens is 1. The molecule has 0 amide bonds. The highest BCUT2D eigenvalue weighted by Gasteiger charge is 2.45. The molecule has 1 spiro atoms. The zero-order valence-electron chi connectivity index (χ0n) is 17.0. The summed E-state index contributed by atoms with van der Waals surface area (Å²) in [7, 11) is 0. The van der Waals surface area contributed by atoms with Crippen LogP contribution in [0.15, 0.2) is 17.2 Å². The smallest absolute Gasteiger partial charge is 0.254 e. The Balaban J connectivity index is 1.63. The van der Waals surface area contributed by atoms with Gasteiger partial charge in [0, 0.05) is 47.8 Å². The maximum Gasteiger partial charge on any atom is 0.254 e. The summed E-state index contributed by atoms with van der Waals surface area (Å²) in [6.45, 7) is 12.3. The number of likely N-dealkylation sites (tertiary alicyclic amines) is 1. The average Bonchev–Trinajstić information content (AvgIpc) is 3.20. The van der Waals surface area contributed by atoms with Gasteiger partial charge in [-0.05, 0) is 39.2 Å². The first-order valence-electron chi connectivity index (χ1n) is 10.2. The number of hydrogen-bond donors (Lipinski definition) is 1. The number of aromatic amines is 1. The number of fused-ring (bicyclic) bond motifs is 2. The molecule has 1 aliphatic heterocycles. The van der Waals surface area contributed by atoms with E-state index in [4.69, 9.17) is 4.98 Å². The molecule has 27 heavy (non-hydrogen) atoms. The van der Waals surface area contributed by atoms with Gasteiger partial charge in [-0.3, -0.25) is 14.4 Å². The van der Waals surface area contributed by atoms with Crippen molar-refractivity contribution in [3.8, 4) is 0 Å².